The normalized spacial score (nSPS) is 12.9. The van der Waals surface area contributed by atoms with Crippen molar-refractivity contribution in [2.75, 3.05) is 17.2 Å². The maximum Gasteiger partial charge on any atom is 0.229 e. The largest absolute Gasteiger partial charge is 0.369 e. The summed E-state index contributed by atoms with van der Waals surface area (Å²) >= 11 is 3.58. The van der Waals surface area contributed by atoms with E-state index in [1.165, 1.54) is 12.8 Å². The molecule has 0 amide bonds. The van der Waals surface area contributed by atoms with Gasteiger partial charge in [-0.1, -0.05) is 6.07 Å². The van der Waals surface area contributed by atoms with Gasteiger partial charge in [-0.2, -0.15) is 10.2 Å². The van der Waals surface area contributed by atoms with Crippen LogP contribution in [0, 0.1) is 17.2 Å². The summed E-state index contributed by atoms with van der Waals surface area (Å²) in [6.45, 7) is 0.939. The highest BCUT2D eigenvalue weighted by atomic mass is 79.9. The van der Waals surface area contributed by atoms with Gasteiger partial charge in [-0.05, 0) is 71.1 Å². The van der Waals surface area contributed by atoms with E-state index in [1.54, 1.807) is 12.1 Å². The van der Waals surface area contributed by atoms with Crippen molar-refractivity contribution in [3.63, 3.8) is 0 Å². The van der Waals surface area contributed by atoms with E-state index in [0.717, 1.165) is 39.3 Å². The Balaban J connectivity index is 0.00000196. The van der Waals surface area contributed by atoms with Gasteiger partial charge in [0.2, 0.25) is 5.95 Å². The number of hydrogen-bond donors (Lipinski definition) is 2. The fourth-order valence-electron chi connectivity index (χ4n) is 2.63. The van der Waals surface area contributed by atoms with Gasteiger partial charge in [0.1, 0.15) is 5.82 Å². The lowest BCUT2D eigenvalue weighted by Crippen LogP contribution is -2.08. The highest BCUT2D eigenvalue weighted by Gasteiger charge is 2.21. The maximum absolute atomic E-state index is 8.90. The van der Waals surface area contributed by atoms with Crippen LogP contribution in [0.2, 0.25) is 0 Å². The van der Waals surface area contributed by atoms with Crippen LogP contribution in [0.1, 0.15) is 18.4 Å². The number of rotatable bonds is 5. The Morgan fingerprint density at radius 3 is 2.58 bits per heavy atom. The molecule has 2 aromatic carbocycles. The summed E-state index contributed by atoms with van der Waals surface area (Å²) in [4.78, 5) is 9.30. The van der Waals surface area contributed by atoms with E-state index in [4.69, 9.17) is 5.26 Å². The Kier molecular flexibility index (Phi) is 5.60. The van der Waals surface area contributed by atoms with E-state index in [-0.39, 0.29) is 12.4 Å². The van der Waals surface area contributed by atoms with Crippen molar-refractivity contribution in [1.29, 1.82) is 5.26 Å². The first-order valence-corrected chi connectivity index (χ1v) is 8.99. The summed E-state index contributed by atoms with van der Waals surface area (Å²) in [6, 6.07) is 15.4. The van der Waals surface area contributed by atoms with Gasteiger partial charge in [0.05, 0.1) is 17.1 Å². The molecule has 0 atom stereocenters. The molecule has 0 radical (unpaired) electrons. The zero-order valence-corrected chi connectivity index (χ0v) is 16.3. The van der Waals surface area contributed by atoms with Gasteiger partial charge in [0.25, 0.3) is 0 Å². The summed E-state index contributed by atoms with van der Waals surface area (Å²) in [7, 11) is 0. The second-order valence-electron chi connectivity index (χ2n) is 6.17. The van der Waals surface area contributed by atoms with Crippen LogP contribution in [-0.4, -0.2) is 16.5 Å². The molecule has 1 fully saturated rings. The SMILES string of the molecule is Cl.N#Cc1ccc(Nc2nc(NCC3CC3)c3cccc(Br)c3n2)cc1. The molecule has 5 nitrogen and oxygen atoms in total. The van der Waals surface area contributed by atoms with Crippen LogP contribution in [0.15, 0.2) is 46.9 Å². The molecule has 132 valence electrons. The molecule has 2 N–H and O–H groups in total. The first-order valence-electron chi connectivity index (χ1n) is 8.20. The number of nitriles is 1. The lowest BCUT2D eigenvalue weighted by atomic mass is 10.2. The Bertz CT molecular complexity index is 964. The molecule has 1 saturated carbocycles. The van der Waals surface area contributed by atoms with E-state index in [2.05, 4.69) is 42.6 Å². The van der Waals surface area contributed by atoms with Crippen molar-refractivity contribution in [3.05, 3.63) is 52.5 Å². The van der Waals surface area contributed by atoms with Crippen LogP contribution in [-0.2, 0) is 0 Å². The van der Waals surface area contributed by atoms with Crippen molar-refractivity contribution in [2.24, 2.45) is 5.92 Å². The Labute approximate surface area is 166 Å². The van der Waals surface area contributed by atoms with E-state index < -0.39 is 0 Å². The van der Waals surface area contributed by atoms with Gasteiger partial charge in [0, 0.05) is 22.1 Å². The number of fused-ring (bicyclic) bond motifs is 1. The molecule has 1 aliphatic rings. The number of hydrogen-bond acceptors (Lipinski definition) is 5. The van der Waals surface area contributed by atoms with Crippen LogP contribution in [0.4, 0.5) is 17.5 Å². The highest BCUT2D eigenvalue weighted by molar-refractivity contribution is 9.10. The number of aromatic nitrogens is 2. The molecule has 26 heavy (non-hydrogen) atoms. The molecular formula is C19H17BrClN5. The smallest absolute Gasteiger partial charge is 0.229 e. The van der Waals surface area contributed by atoms with Gasteiger partial charge >= 0.3 is 0 Å². The second-order valence-corrected chi connectivity index (χ2v) is 7.02. The highest BCUT2D eigenvalue weighted by Crippen LogP contribution is 2.32. The first-order chi connectivity index (χ1) is 12.2. The average molecular weight is 431 g/mol. The third-order valence-electron chi connectivity index (χ3n) is 4.20. The minimum absolute atomic E-state index is 0. The van der Waals surface area contributed by atoms with Gasteiger partial charge < -0.3 is 10.6 Å². The van der Waals surface area contributed by atoms with Crippen molar-refractivity contribution in [1.82, 2.24) is 9.97 Å². The van der Waals surface area contributed by atoms with Crippen molar-refractivity contribution in [3.8, 4) is 6.07 Å². The molecule has 4 rings (SSSR count). The molecule has 7 heteroatoms. The molecule has 0 unspecified atom stereocenters. The molecule has 0 aliphatic heterocycles. The number of nitrogens with zero attached hydrogens (tertiary/aromatic N) is 3. The van der Waals surface area contributed by atoms with Crippen LogP contribution in [0.3, 0.4) is 0 Å². The van der Waals surface area contributed by atoms with E-state index in [1.807, 2.05) is 30.3 Å². The topological polar surface area (TPSA) is 73.6 Å². The number of para-hydroxylation sites is 1. The molecule has 0 spiro atoms. The van der Waals surface area contributed by atoms with Crippen molar-refractivity contribution >= 4 is 56.7 Å². The van der Waals surface area contributed by atoms with Gasteiger partial charge in [-0.25, -0.2) is 4.98 Å². The fourth-order valence-corrected chi connectivity index (χ4v) is 3.08. The average Bonchev–Trinajstić information content (AvgIpc) is 3.46. The van der Waals surface area contributed by atoms with Crippen LogP contribution in [0.25, 0.3) is 10.9 Å². The number of halogens is 2. The quantitative estimate of drug-likeness (QED) is 0.578. The summed E-state index contributed by atoms with van der Waals surface area (Å²) in [5.41, 5.74) is 2.34. The van der Waals surface area contributed by atoms with Crippen LogP contribution >= 0.6 is 28.3 Å². The summed E-state index contributed by atoms with van der Waals surface area (Å²) in [5.74, 6) is 2.13. The third kappa shape index (κ3) is 4.06. The second kappa shape index (κ2) is 7.90. The summed E-state index contributed by atoms with van der Waals surface area (Å²) < 4.78 is 0.935. The number of benzene rings is 2. The predicted molar refractivity (Wildman–Crippen MR) is 110 cm³/mol. The Hall–Kier alpha value is -2.36. The number of nitrogens with one attached hydrogen (secondary N) is 2. The lowest BCUT2D eigenvalue weighted by Gasteiger charge is -2.12. The monoisotopic (exact) mass is 429 g/mol. The third-order valence-corrected chi connectivity index (χ3v) is 4.84. The van der Waals surface area contributed by atoms with Crippen molar-refractivity contribution in [2.45, 2.75) is 12.8 Å². The molecule has 0 bridgehead atoms. The number of anilines is 3. The predicted octanol–water partition coefficient (Wildman–Crippen LogP) is 5.25. The minimum Gasteiger partial charge on any atom is -0.369 e. The van der Waals surface area contributed by atoms with E-state index >= 15 is 0 Å². The molecule has 1 heterocycles. The fraction of sp³-hybridized carbons (Fsp3) is 0.211. The van der Waals surface area contributed by atoms with Crippen LogP contribution in [0.5, 0.6) is 0 Å². The first kappa shape index (κ1) is 18.4. The molecule has 3 aromatic rings. The van der Waals surface area contributed by atoms with Gasteiger partial charge in [0.15, 0.2) is 0 Å². The molecule has 1 aromatic heterocycles. The minimum atomic E-state index is 0. The van der Waals surface area contributed by atoms with Crippen LogP contribution < -0.4 is 10.6 Å². The lowest BCUT2D eigenvalue weighted by molar-refractivity contribution is 0.884. The zero-order chi connectivity index (χ0) is 17.2. The standard InChI is InChI=1S/C19H16BrN5.ClH/c20-16-3-1-2-15-17(16)24-19(25-18(15)22-11-13-4-5-13)23-14-8-6-12(10-21)7-9-14;/h1-3,6-9,13H,4-5,11H2,(H2,22,23,24,25);1H. The van der Waals surface area contributed by atoms with E-state index in [0.29, 0.717) is 11.5 Å². The molecule has 0 saturated heterocycles. The van der Waals surface area contributed by atoms with Gasteiger partial charge in [-0.3, -0.25) is 0 Å². The van der Waals surface area contributed by atoms with E-state index in [9.17, 15) is 0 Å². The molecular weight excluding hydrogens is 414 g/mol. The molecule has 1 aliphatic carbocycles. The Morgan fingerprint density at radius 2 is 1.88 bits per heavy atom. The zero-order valence-electron chi connectivity index (χ0n) is 13.9. The van der Waals surface area contributed by atoms with Crippen molar-refractivity contribution < 1.29 is 0 Å². The summed E-state index contributed by atoms with van der Waals surface area (Å²) in [6.07, 6.45) is 2.58. The van der Waals surface area contributed by atoms with Gasteiger partial charge in [-0.15, -0.1) is 12.4 Å². The maximum atomic E-state index is 8.90. The Morgan fingerprint density at radius 1 is 1.12 bits per heavy atom. The summed E-state index contributed by atoms with van der Waals surface area (Å²) in [5, 5.41) is 16.6.